The predicted octanol–water partition coefficient (Wildman–Crippen LogP) is 5.65. The van der Waals surface area contributed by atoms with Gasteiger partial charge in [-0.1, -0.05) is 43.0 Å². The molecule has 1 heterocycles. The van der Waals surface area contributed by atoms with E-state index in [-0.39, 0.29) is 5.78 Å². The minimum Gasteiger partial charge on any atom is -0.386 e. The predicted molar refractivity (Wildman–Crippen MR) is 115 cm³/mol. The molecule has 1 aliphatic carbocycles. The average molecular weight is 388 g/mol. The number of esters is 2. The van der Waals surface area contributed by atoms with Crippen molar-refractivity contribution in [3.05, 3.63) is 77.4 Å². The third-order valence-corrected chi connectivity index (χ3v) is 6.58. The number of rotatable bonds is 0. The van der Waals surface area contributed by atoms with E-state index in [0.717, 1.165) is 54.4 Å². The van der Waals surface area contributed by atoms with Gasteiger partial charge in [-0.3, -0.25) is 4.79 Å². The quantitative estimate of drug-likeness (QED) is 0.149. The summed E-state index contributed by atoms with van der Waals surface area (Å²) in [7, 11) is 0. The largest absolute Gasteiger partial charge is 0.386 e. The summed E-state index contributed by atoms with van der Waals surface area (Å²) >= 11 is 0. The summed E-state index contributed by atoms with van der Waals surface area (Å²) in [6.45, 7) is 4.12. The molecule has 0 unspecified atom stereocenters. The number of carbonyl (C=O) groups excluding carboxylic acids is 3. The summed E-state index contributed by atoms with van der Waals surface area (Å²) in [5.74, 6) is -1.15. The number of carbonyl (C=O) groups is 3. The molecule has 0 amide bonds. The molecule has 30 heavy (non-hydrogen) atoms. The minimum atomic E-state index is -0.617. The maximum Gasteiger partial charge on any atom is 0.346 e. The van der Waals surface area contributed by atoms with Crippen LogP contribution in [-0.2, 0) is 4.74 Å². The SMILES string of the molecule is C=C1CC(=O)c2ccc3c4ccc5c6c(ccc(c7ccc1c2c73)c64)C(=O)OC5=O. The first-order valence-electron chi connectivity index (χ1n) is 9.72. The van der Waals surface area contributed by atoms with E-state index in [2.05, 4.69) is 12.6 Å². The van der Waals surface area contributed by atoms with Gasteiger partial charge in [-0.05, 0) is 55.6 Å². The molecular weight excluding hydrogens is 376 g/mol. The smallest absolute Gasteiger partial charge is 0.346 e. The van der Waals surface area contributed by atoms with Crippen molar-refractivity contribution in [3.63, 3.8) is 0 Å². The second-order valence-electron chi connectivity index (χ2n) is 8.02. The first-order valence-corrected chi connectivity index (χ1v) is 9.72. The van der Waals surface area contributed by atoms with Gasteiger partial charge in [0, 0.05) is 22.8 Å². The molecule has 4 heteroatoms. The summed E-state index contributed by atoms with van der Waals surface area (Å²) in [6, 6.07) is 15.2. The first kappa shape index (κ1) is 15.8. The van der Waals surface area contributed by atoms with Crippen LogP contribution in [0.1, 0.15) is 43.1 Å². The zero-order valence-electron chi connectivity index (χ0n) is 15.7. The van der Waals surface area contributed by atoms with Crippen molar-refractivity contribution in [1.82, 2.24) is 0 Å². The summed E-state index contributed by atoms with van der Waals surface area (Å²) < 4.78 is 4.91. The molecule has 7 rings (SSSR count). The van der Waals surface area contributed by atoms with Crippen molar-refractivity contribution < 1.29 is 19.1 Å². The standard InChI is InChI=1S/C26H12O4/c1-11-10-20(27)17-7-4-14-16-6-9-19-24-18(25(28)30-26(19)29)8-5-15(23(16)24)13-3-2-12(11)21(17)22(13)14/h2-9H,1,10H2. The molecule has 5 aromatic rings. The summed E-state index contributed by atoms with van der Waals surface area (Å²) in [5, 5.41) is 7.39. The Kier molecular flexibility index (Phi) is 2.59. The number of hydrogen-bond acceptors (Lipinski definition) is 4. The van der Waals surface area contributed by atoms with Gasteiger partial charge in [0.2, 0.25) is 0 Å². The Balaban J connectivity index is 1.82. The Labute approximate surface area is 169 Å². The molecule has 0 saturated heterocycles. The number of benzene rings is 5. The Morgan fingerprint density at radius 3 is 1.53 bits per heavy atom. The minimum absolute atomic E-state index is 0.0839. The highest BCUT2D eigenvalue weighted by atomic mass is 16.6. The van der Waals surface area contributed by atoms with Crippen LogP contribution in [0.25, 0.3) is 48.7 Å². The van der Waals surface area contributed by atoms with E-state index < -0.39 is 11.9 Å². The molecule has 0 spiro atoms. The van der Waals surface area contributed by atoms with Crippen LogP contribution in [-0.4, -0.2) is 17.7 Å². The van der Waals surface area contributed by atoms with Gasteiger partial charge in [-0.15, -0.1) is 0 Å². The van der Waals surface area contributed by atoms with Crippen LogP contribution < -0.4 is 0 Å². The number of ether oxygens (including phenoxy) is 1. The van der Waals surface area contributed by atoms with Crippen LogP contribution >= 0.6 is 0 Å². The highest BCUT2D eigenvalue weighted by Crippen LogP contribution is 2.47. The summed E-state index contributed by atoms with van der Waals surface area (Å²) in [5.41, 5.74) is 3.38. The maximum absolute atomic E-state index is 12.7. The monoisotopic (exact) mass is 388 g/mol. The number of fused-ring (bicyclic) bond motifs is 2. The van der Waals surface area contributed by atoms with E-state index in [1.807, 2.05) is 30.3 Å². The highest BCUT2D eigenvalue weighted by Gasteiger charge is 2.30. The van der Waals surface area contributed by atoms with Gasteiger partial charge in [0.1, 0.15) is 0 Å². The first-order chi connectivity index (χ1) is 14.5. The topological polar surface area (TPSA) is 60.4 Å². The Hall–Kier alpha value is -4.05. The second kappa shape index (κ2) is 4.92. The normalized spacial score (nSPS) is 15.7. The van der Waals surface area contributed by atoms with Crippen molar-refractivity contribution in [2.45, 2.75) is 6.42 Å². The third kappa shape index (κ3) is 1.63. The number of ketones is 1. The van der Waals surface area contributed by atoms with Crippen molar-refractivity contribution in [3.8, 4) is 0 Å². The lowest BCUT2D eigenvalue weighted by Crippen LogP contribution is -2.19. The molecule has 0 radical (unpaired) electrons. The van der Waals surface area contributed by atoms with E-state index in [4.69, 9.17) is 4.74 Å². The number of hydrogen-bond donors (Lipinski definition) is 0. The highest BCUT2D eigenvalue weighted by molar-refractivity contribution is 6.39. The summed E-state index contributed by atoms with van der Waals surface area (Å²) in [6.07, 6.45) is 0.337. The second-order valence-corrected chi connectivity index (χ2v) is 8.02. The van der Waals surface area contributed by atoms with Crippen LogP contribution in [0.15, 0.2) is 55.1 Å². The van der Waals surface area contributed by atoms with Crippen LogP contribution in [0, 0.1) is 0 Å². The molecule has 140 valence electrons. The Bertz CT molecular complexity index is 1460. The molecule has 5 aromatic carbocycles. The number of allylic oxidation sites excluding steroid dienone is 1. The number of Topliss-reactive ketones (excluding diaryl/α,β-unsaturated/α-hetero) is 1. The van der Waals surface area contributed by atoms with Crippen molar-refractivity contribution in [2.24, 2.45) is 0 Å². The summed E-state index contributed by atoms with van der Waals surface area (Å²) in [4.78, 5) is 37.4. The van der Waals surface area contributed by atoms with Gasteiger partial charge in [0.15, 0.2) is 5.78 Å². The van der Waals surface area contributed by atoms with Crippen LogP contribution in [0.2, 0.25) is 0 Å². The van der Waals surface area contributed by atoms with Crippen LogP contribution in [0.5, 0.6) is 0 Å². The molecule has 4 nitrogen and oxygen atoms in total. The van der Waals surface area contributed by atoms with Crippen molar-refractivity contribution in [2.75, 3.05) is 0 Å². The lowest BCUT2D eigenvalue weighted by atomic mass is 9.79. The van der Waals surface area contributed by atoms with Crippen molar-refractivity contribution in [1.29, 1.82) is 0 Å². The van der Waals surface area contributed by atoms with E-state index >= 15 is 0 Å². The third-order valence-electron chi connectivity index (χ3n) is 6.58. The molecule has 0 atom stereocenters. The number of cyclic esters (lactones) is 2. The van der Waals surface area contributed by atoms with E-state index in [1.54, 1.807) is 12.1 Å². The fourth-order valence-corrected chi connectivity index (χ4v) is 5.33. The van der Waals surface area contributed by atoms with Gasteiger partial charge in [-0.2, -0.15) is 0 Å². The van der Waals surface area contributed by atoms with Crippen LogP contribution in [0.3, 0.4) is 0 Å². The van der Waals surface area contributed by atoms with E-state index in [1.165, 1.54) is 0 Å². The Morgan fingerprint density at radius 1 is 0.567 bits per heavy atom. The van der Waals surface area contributed by atoms with Gasteiger partial charge in [0.05, 0.1) is 11.1 Å². The van der Waals surface area contributed by atoms with E-state index in [9.17, 15) is 14.4 Å². The maximum atomic E-state index is 12.7. The Morgan fingerprint density at radius 2 is 1.00 bits per heavy atom. The van der Waals surface area contributed by atoms with Gasteiger partial charge >= 0.3 is 11.9 Å². The lowest BCUT2D eigenvalue weighted by molar-refractivity contribution is 0.0391. The molecule has 0 bridgehead atoms. The zero-order chi connectivity index (χ0) is 20.3. The average Bonchev–Trinajstić information content (AvgIpc) is 2.74. The van der Waals surface area contributed by atoms with Gasteiger partial charge < -0.3 is 4.74 Å². The molecule has 0 aromatic heterocycles. The molecule has 0 saturated carbocycles. The van der Waals surface area contributed by atoms with Gasteiger partial charge in [0.25, 0.3) is 0 Å². The molecule has 1 aliphatic heterocycles. The van der Waals surface area contributed by atoms with E-state index in [0.29, 0.717) is 22.9 Å². The van der Waals surface area contributed by atoms with Crippen molar-refractivity contribution >= 4 is 66.4 Å². The molecule has 0 fully saturated rings. The van der Waals surface area contributed by atoms with Gasteiger partial charge in [-0.25, -0.2) is 9.59 Å². The molecular formula is C26H12O4. The fraction of sp³-hybridized carbons (Fsp3) is 0.0385. The molecule has 0 N–H and O–H groups in total. The molecule has 2 aliphatic rings. The fourth-order valence-electron chi connectivity index (χ4n) is 5.33. The zero-order valence-corrected chi connectivity index (χ0v) is 15.7. The van der Waals surface area contributed by atoms with Crippen LogP contribution in [0.4, 0.5) is 0 Å². The lowest BCUT2D eigenvalue weighted by Gasteiger charge is -2.24.